The number of nitrogens with two attached hydrogens (primary N) is 2. The predicted molar refractivity (Wildman–Crippen MR) is 101 cm³/mol. The zero-order chi connectivity index (χ0) is 17.6. The molecule has 124 valence electrons. The zero-order valence-electron chi connectivity index (χ0n) is 13.5. The number of hydrogen-bond acceptors (Lipinski definition) is 5. The molecule has 25 heavy (non-hydrogen) atoms. The standard InChI is InChI=1S/C19H15ClN4O/c1-10-8-12(6-7-23-10)17-18-15(16(21)19(22)25-18)14(9-24-17)11-2-4-13(20)5-3-11/h2-9H,21-22H2,1H3. The highest BCUT2D eigenvalue weighted by atomic mass is 35.5. The Morgan fingerprint density at radius 3 is 2.48 bits per heavy atom. The van der Waals surface area contributed by atoms with Crippen molar-refractivity contribution in [2.24, 2.45) is 0 Å². The number of aryl methyl sites for hydroxylation is 1. The van der Waals surface area contributed by atoms with Crippen LogP contribution >= 0.6 is 11.6 Å². The molecule has 3 heterocycles. The Morgan fingerprint density at radius 2 is 1.76 bits per heavy atom. The van der Waals surface area contributed by atoms with Crippen molar-refractivity contribution in [1.29, 1.82) is 0 Å². The minimum absolute atomic E-state index is 0.185. The number of benzene rings is 1. The van der Waals surface area contributed by atoms with E-state index in [1.165, 1.54) is 0 Å². The molecule has 1 aromatic carbocycles. The Hall–Kier alpha value is -3.05. The molecule has 0 aliphatic rings. The molecule has 0 amide bonds. The summed E-state index contributed by atoms with van der Waals surface area (Å²) in [6.07, 6.45) is 3.52. The van der Waals surface area contributed by atoms with Gasteiger partial charge in [-0.2, -0.15) is 0 Å². The topological polar surface area (TPSA) is 91.0 Å². The Bertz CT molecular complexity index is 1090. The molecule has 3 aromatic heterocycles. The summed E-state index contributed by atoms with van der Waals surface area (Å²) in [5, 5.41) is 1.41. The minimum atomic E-state index is 0.185. The monoisotopic (exact) mass is 350 g/mol. The van der Waals surface area contributed by atoms with E-state index in [4.69, 9.17) is 27.5 Å². The molecule has 4 N–H and O–H groups in total. The van der Waals surface area contributed by atoms with Crippen molar-refractivity contribution in [1.82, 2.24) is 9.97 Å². The SMILES string of the molecule is Cc1cc(-c2ncc(-c3ccc(Cl)cc3)c3c(N)c(N)oc23)ccn1. The van der Waals surface area contributed by atoms with Crippen LogP contribution in [-0.2, 0) is 0 Å². The van der Waals surface area contributed by atoms with Gasteiger partial charge in [-0.25, -0.2) is 0 Å². The van der Waals surface area contributed by atoms with Crippen LogP contribution in [0.3, 0.4) is 0 Å². The largest absolute Gasteiger partial charge is 0.436 e. The Balaban J connectivity index is 2.02. The maximum atomic E-state index is 6.20. The molecule has 4 aromatic rings. The van der Waals surface area contributed by atoms with Gasteiger partial charge in [-0.1, -0.05) is 23.7 Å². The summed E-state index contributed by atoms with van der Waals surface area (Å²) in [4.78, 5) is 8.83. The van der Waals surface area contributed by atoms with Crippen LogP contribution in [0.4, 0.5) is 11.6 Å². The van der Waals surface area contributed by atoms with E-state index in [0.29, 0.717) is 22.0 Å². The van der Waals surface area contributed by atoms with Crippen LogP contribution in [0.2, 0.25) is 5.02 Å². The van der Waals surface area contributed by atoms with E-state index in [1.54, 1.807) is 12.4 Å². The van der Waals surface area contributed by atoms with E-state index >= 15 is 0 Å². The third kappa shape index (κ3) is 2.58. The quantitative estimate of drug-likeness (QED) is 0.547. The average molecular weight is 351 g/mol. The van der Waals surface area contributed by atoms with Crippen LogP contribution in [0, 0.1) is 6.92 Å². The minimum Gasteiger partial charge on any atom is -0.436 e. The molecule has 0 aliphatic carbocycles. The number of anilines is 2. The van der Waals surface area contributed by atoms with Gasteiger partial charge in [-0.15, -0.1) is 0 Å². The molecule has 0 unspecified atom stereocenters. The average Bonchev–Trinajstić information content (AvgIpc) is 2.90. The first-order valence-electron chi connectivity index (χ1n) is 7.70. The van der Waals surface area contributed by atoms with E-state index in [0.717, 1.165) is 27.8 Å². The normalized spacial score (nSPS) is 11.1. The van der Waals surface area contributed by atoms with Gasteiger partial charge in [0.25, 0.3) is 0 Å². The van der Waals surface area contributed by atoms with E-state index in [2.05, 4.69) is 9.97 Å². The molecule has 6 heteroatoms. The van der Waals surface area contributed by atoms with Gasteiger partial charge >= 0.3 is 0 Å². The first-order chi connectivity index (χ1) is 12.0. The van der Waals surface area contributed by atoms with Gasteiger partial charge in [0.15, 0.2) is 5.58 Å². The van der Waals surface area contributed by atoms with Gasteiger partial charge in [0, 0.05) is 34.2 Å². The second kappa shape index (κ2) is 5.79. The highest BCUT2D eigenvalue weighted by Crippen LogP contribution is 2.41. The summed E-state index contributed by atoms with van der Waals surface area (Å²) in [7, 11) is 0. The molecule has 0 aliphatic heterocycles. The lowest BCUT2D eigenvalue weighted by Gasteiger charge is -2.08. The number of nitrogens with zero attached hydrogens (tertiary/aromatic N) is 2. The molecule has 0 fully saturated rings. The van der Waals surface area contributed by atoms with Crippen LogP contribution in [0.15, 0.2) is 53.2 Å². The molecule has 0 saturated heterocycles. The fourth-order valence-electron chi connectivity index (χ4n) is 2.89. The van der Waals surface area contributed by atoms with E-state index in [1.807, 2.05) is 43.3 Å². The van der Waals surface area contributed by atoms with Crippen molar-refractivity contribution in [2.75, 3.05) is 11.5 Å². The Kier molecular flexibility index (Phi) is 3.58. The van der Waals surface area contributed by atoms with E-state index < -0.39 is 0 Å². The van der Waals surface area contributed by atoms with Gasteiger partial charge < -0.3 is 15.9 Å². The van der Waals surface area contributed by atoms with Crippen LogP contribution in [0.1, 0.15) is 5.69 Å². The summed E-state index contributed by atoms with van der Waals surface area (Å²) in [6, 6.07) is 11.3. The van der Waals surface area contributed by atoms with Gasteiger partial charge in [0.1, 0.15) is 11.4 Å². The van der Waals surface area contributed by atoms with Crippen LogP contribution in [0.25, 0.3) is 33.4 Å². The first kappa shape index (κ1) is 15.5. The smallest absolute Gasteiger partial charge is 0.215 e. The summed E-state index contributed by atoms with van der Waals surface area (Å²) in [5.74, 6) is 0.185. The number of hydrogen-bond donors (Lipinski definition) is 2. The molecule has 0 atom stereocenters. The van der Waals surface area contributed by atoms with Gasteiger partial charge in [0.2, 0.25) is 5.88 Å². The molecule has 0 radical (unpaired) electrons. The first-order valence-corrected chi connectivity index (χ1v) is 8.08. The summed E-state index contributed by atoms with van der Waals surface area (Å²) in [5.41, 5.74) is 17.4. The van der Waals surface area contributed by atoms with Gasteiger partial charge in [-0.05, 0) is 36.8 Å². The second-order valence-electron chi connectivity index (χ2n) is 5.80. The molecule has 0 saturated carbocycles. The molecular formula is C19H15ClN4O. The number of aromatic nitrogens is 2. The summed E-state index contributed by atoms with van der Waals surface area (Å²) >= 11 is 5.99. The number of fused-ring (bicyclic) bond motifs is 1. The van der Waals surface area contributed by atoms with Crippen molar-refractivity contribution in [2.45, 2.75) is 6.92 Å². The third-order valence-corrected chi connectivity index (χ3v) is 4.36. The third-order valence-electron chi connectivity index (χ3n) is 4.11. The van der Waals surface area contributed by atoms with Gasteiger partial charge in [0.05, 0.1) is 5.39 Å². The number of halogens is 1. The predicted octanol–water partition coefficient (Wildman–Crippen LogP) is 4.68. The maximum absolute atomic E-state index is 6.20. The molecule has 0 bridgehead atoms. The molecular weight excluding hydrogens is 336 g/mol. The molecule has 5 nitrogen and oxygen atoms in total. The highest BCUT2D eigenvalue weighted by molar-refractivity contribution is 6.30. The van der Waals surface area contributed by atoms with Crippen molar-refractivity contribution < 1.29 is 4.42 Å². The maximum Gasteiger partial charge on any atom is 0.215 e. The Labute approximate surface area is 149 Å². The number of furan rings is 1. The molecule has 0 spiro atoms. The van der Waals surface area contributed by atoms with Crippen molar-refractivity contribution in [3.63, 3.8) is 0 Å². The highest BCUT2D eigenvalue weighted by Gasteiger charge is 2.19. The lowest BCUT2D eigenvalue weighted by atomic mass is 10.0. The molecule has 4 rings (SSSR count). The van der Waals surface area contributed by atoms with E-state index in [-0.39, 0.29) is 5.88 Å². The Morgan fingerprint density at radius 1 is 1.00 bits per heavy atom. The van der Waals surface area contributed by atoms with Crippen molar-refractivity contribution in [3.05, 3.63) is 59.5 Å². The second-order valence-corrected chi connectivity index (χ2v) is 6.23. The fourth-order valence-corrected chi connectivity index (χ4v) is 3.02. The number of pyridine rings is 2. The number of rotatable bonds is 2. The van der Waals surface area contributed by atoms with Gasteiger partial charge in [-0.3, -0.25) is 9.97 Å². The number of nitrogen functional groups attached to an aromatic ring is 2. The van der Waals surface area contributed by atoms with Crippen molar-refractivity contribution in [3.8, 4) is 22.4 Å². The van der Waals surface area contributed by atoms with Crippen LogP contribution in [-0.4, -0.2) is 9.97 Å². The van der Waals surface area contributed by atoms with Crippen LogP contribution in [0.5, 0.6) is 0 Å². The lowest BCUT2D eigenvalue weighted by molar-refractivity contribution is 0.638. The summed E-state index contributed by atoms with van der Waals surface area (Å²) in [6.45, 7) is 1.92. The fraction of sp³-hybridized carbons (Fsp3) is 0.0526. The van der Waals surface area contributed by atoms with Crippen LogP contribution < -0.4 is 11.5 Å². The summed E-state index contributed by atoms with van der Waals surface area (Å²) < 4.78 is 5.75. The van der Waals surface area contributed by atoms with Crippen molar-refractivity contribution >= 4 is 34.1 Å². The lowest BCUT2D eigenvalue weighted by Crippen LogP contribution is -1.92. The zero-order valence-corrected chi connectivity index (χ0v) is 14.2. The van der Waals surface area contributed by atoms with E-state index in [9.17, 15) is 0 Å².